The molecule has 0 bridgehead atoms. The number of rotatable bonds is 7. The summed E-state index contributed by atoms with van der Waals surface area (Å²) in [5.41, 5.74) is 3.32. The lowest BCUT2D eigenvalue weighted by Gasteiger charge is -2.16. The first-order valence-electron chi connectivity index (χ1n) is 10.7. The summed E-state index contributed by atoms with van der Waals surface area (Å²) in [6.07, 6.45) is 2.24. The fourth-order valence-corrected chi connectivity index (χ4v) is 3.79. The topological polar surface area (TPSA) is 59.7 Å². The Balaban J connectivity index is 1.73. The van der Waals surface area contributed by atoms with Crippen molar-refractivity contribution in [2.24, 2.45) is 5.10 Å². The van der Waals surface area contributed by atoms with Crippen LogP contribution in [0.15, 0.2) is 81.1 Å². The van der Waals surface area contributed by atoms with Gasteiger partial charge in [0.15, 0.2) is 0 Å². The van der Waals surface area contributed by atoms with Crippen LogP contribution in [0.3, 0.4) is 0 Å². The molecule has 168 valence electrons. The summed E-state index contributed by atoms with van der Waals surface area (Å²) in [6, 6.07) is 21.4. The van der Waals surface area contributed by atoms with Gasteiger partial charge in [-0.05, 0) is 35.9 Å². The molecule has 0 atom stereocenters. The maximum absolute atomic E-state index is 13.2. The van der Waals surface area contributed by atoms with E-state index in [4.69, 9.17) is 4.74 Å². The highest BCUT2D eigenvalue weighted by Crippen LogP contribution is 2.25. The molecular formula is C26H25BrN4O2. The minimum atomic E-state index is -0.203. The molecule has 0 saturated carbocycles. The molecule has 4 rings (SSSR count). The van der Waals surface area contributed by atoms with E-state index in [0.717, 1.165) is 21.3 Å². The van der Waals surface area contributed by atoms with Gasteiger partial charge in [-0.2, -0.15) is 9.78 Å². The molecule has 3 aromatic carbocycles. The fourth-order valence-electron chi connectivity index (χ4n) is 3.43. The van der Waals surface area contributed by atoms with E-state index in [2.05, 4.69) is 26.0 Å². The standard InChI is InChI=1S/C26H25BrN4O2/c1-4-25-29-23-13-11-20(27)14-22(23)26(32)31(25)28-16-19-10-12-21(30(2)3)15-24(19)33-17-18-8-6-5-7-9-18/h5-16H,4,17H2,1-3H3. The van der Waals surface area contributed by atoms with Gasteiger partial charge < -0.3 is 9.64 Å². The number of halogens is 1. The van der Waals surface area contributed by atoms with Crippen molar-refractivity contribution in [2.45, 2.75) is 20.0 Å². The maximum Gasteiger partial charge on any atom is 0.282 e. The predicted octanol–water partition coefficient (Wildman–Crippen LogP) is 5.25. The molecule has 0 aliphatic heterocycles. The van der Waals surface area contributed by atoms with Crippen LogP contribution in [0.5, 0.6) is 5.75 Å². The first-order chi connectivity index (χ1) is 16.0. The third kappa shape index (κ3) is 5.14. The average Bonchev–Trinajstić information content (AvgIpc) is 2.83. The maximum atomic E-state index is 13.2. The molecule has 1 aromatic heterocycles. The van der Waals surface area contributed by atoms with E-state index in [0.29, 0.717) is 35.5 Å². The van der Waals surface area contributed by atoms with Gasteiger partial charge in [0.05, 0.1) is 17.1 Å². The van der Waals surface area contributed by atoms with Crippen molar-refractivity contribution in [1.29, 1.82) is 0 Å². The Labute approximate surface area is 201 Å². The molecule has 0 radical (unpaired) electrons. The van der Waals surface area contributed by atoms with Crippen LogP contribution in [-0.4, -0.2) is 30.0 Å². The quantitative estimate of drug-likeness (QED) is 0.322. The molecule has 33 heavy (non-hydrogen) atoms. The molecule has 0 aliphatic rings. The van der Waals surface area contributed by atoms with Gasteiger partial charge in [0, 0.05) is 42.3 Å². The molecule has 0 unspecified atom stereocenters. The Morgan fingerprint density at radius 2 is 1.88 bits per heavy atom. The smallest absolute Gasteiger partial charge is 0.282 e. The molecular weight excluding hydrogens is 480 g/mol. The van der Waals surface area contributed by atoms with E-state index < -0.39 is 0 Å². The van der Waals surface area contributed by atoms with Gasteiger partial charge in [-0.15, -0.1) is 0 Å². The van der Waals surface area contributed by atoms with Gasteiger partial charge >= 0.3 is 0 Å². The normalized spacial score (nSPS) is 11.3. The summed E-state index contributed by atoms with van der Waals surface area (Å²) in [6.45, 7) is 2.39. The number of anilines is 1. The number of aromatic nitrogens is 2. The monoisotopic (exact) mass is 504 g/mol. The van der Waals surface area contributed by atoms with E-state index in [-0.39, 0.29) is 5.56 Å². The van der Waals surface area contributed by atoms with Crippen molar-refractivity contribution < 1.29 is 4.74 Å². The van der Waals surface area contributed by atoms with Crippen molar-refractivity contribution in [2.75, 3.05) is 19.0 Å². The van der Waals surface area contributed by atoms with Crippen LogP contribution in [0.25, 0.3) is 10.9 Å². The Bertz CT molecular complexity index is 1360. The van der Waals surface area contributed by atoms with Gasteiger partial charge in [0.25, 0.3) is 5.56 Å². The summed E-state index contributed by atoms with van der Waals surface area (Å²) in [7, 11) is 3.96. The fraction of sp³-hybridized carbons (Fsp3) is 0.192. The van der Waals surface area contributed by atoms with Crippen LogP contribution in [-0.2, 0) is 13.0 Å². The number of hydrogen-bond donors (Lipinski definition) is 0. The number of nitrogens with zero attached hydrogens (tertiary/aromatic N) is 4. The summed E-state index contributed by atoms with van der Waals surface area (Å²) in [5, 5.41) is 5.04. The number of ether oxygens (including phenoxy) is 1. The SMILES string of the molecule is CCc1nc2ccc(Br)cc2c(=O)n1N=Cc1ccc(N(C)C)cc1OCc1ccccc1. The number of hydrogen-bond acceptors (Lipinski definition) is 5. The van der Waals surface area contributed by atoms with Crippen LogP contribution in [0.2, 0.25) is 0 Å². The van der Waals surface area contributed by atoms with Gasteiger partial charge in [-0.1, -0.05) is 53.2 Å². The van der Waals surface area contributed by atoms with E-state index in [1.165, 1.54) is 4.68 Å². The van der Waals surface area contributed by atoms with E-state index >= 15 is 0 Å². The Morgan fingerprint density at radius 3 is 2.61 bits per heavy atom. The Hall–Kier alpha value is -3.45. The number of fused-ring (bicyclic) bond motifs is 1. The van der Waals surface area contributed by atoms with Crippen molar-refractivity contribution in [3.63, 3.8) is 0 Å². The van der Waals surface area contributed by atoms with Crippen molar-refractivity contribution >= 4 is 38.7 Å². The van der Waals surface area contributed by atoms with Gasteiger partial charge in [0.2, 0.25) is 0 Å². The lowest BCUT2D eigenvalue weighted by Crippen LogP contribution is -2.22. The molecule has 0 fully saturated rings. The third-order valence-electron chi connectivity index (χ3n) is 5.25. The second-order valence-corrected chi connectivity index (χ2v) is 8.71. The second-order valence-electron chi connectivity index (χ2n) is 7.80. The van der Waals surface area contributed by atoms with Crippen molar-refractivity contribution in [1.82, 2.24) is 9.66 Å². The molecule has 0 N–H and O–H groups in total. The van der Waals surface area contributed by atoms with E-state index in [9.17, 15) is 4.79 Å². The van der Waals surface area contributed by atoms with Crippen LogP contribution in [0.1, 0.15) is 23.9 Å². The minimum absolute atomic E-state index is 0.203. The zero-order chi connectivity index (χ0) is 23.4. The summed E-state index contributed by atoms with van der Waals surface area (Å²) in [5.74, 6) is 1.29. The second kappa shape index (κ2) is 10.0. The number of aryl methyl sites for hydroxylation is 1. The molecule has 6 nitrogen and oxygen atoms in total. The molecule has 4 aromatic rings. The molecule has 1 heterocycles. The molecule has 0 saturated heterocycles. The zero-order valence-electron chi connectivity index (χ0n) is 18.8. The van der Waals surface area contributed by atoms with Gasteiger partial charge in [-0.25, -0.2) is 4.98 Å². The highest BCUT2D eigenvalue weighted by molar-refractivity contribution is 9.10. The highest BCUT2D eigenvalue weighted by Gasteiger charge is 2.11. The first-order valence-corrected chi connectivity index (χ1v) is 11.5. The lowest BCUT2D eigenvalue weighted by atomic mass is 10.2. The van der Waals surface area contributed by atoms with Crippen molar-refractivity contribution in [3.05, 3.63) is 98.5 Å². The predicted molar refractivity (Wildman–Crippen MR) is 138 cm³/mol. The van der Waals surface area contributed by atoms with Crippen LogP contribution in [0, 0.1) is 0 Å². The van der Waals surface area contributed by atoms with Crippen LogP contribution in [0.4, 0.5) is 5.69 Å². The molecule has 0 spiro atoms. The minimum Gasteiger partial charge on any atom is -0.488 e. The summed E-state index contributed by atoms with van der Waals surface area (Å²) < 4.78 is 8.34. The van der Waals surface area contributed by atoms with Gasteiger partial charge in [0.1, 0.15) is 18.2 Å². The van der Waals surface area contributed by atoms with Crippen molar-refractivity contribution in [3.8, 4) is 5.75 Å². The number of benzene rings is 3. The van der Waals surface area contributed by atoms with E-state index in [1.807, 2.05) is 86.6 Å². The molecule has 7 heteroatoms. The molecule has 0 amide bonds. The molecule has 0 aliphatic carbocycles. The largest absolute Gasteiger partial charge is 0.488 e. The first kappa shape index (κ1) is 22.7. The van der Waals surface area contributed by atoms with Gasteiger partial charge in [-0.3, -0.25) is 4.79 Å². The lowest BCUT2D eigenvalue weighted by molar-refractivity contribution is 0.306. The summed E-state index contributed by atoms with van der Waals surface area (Å²) in [4.78, 5) is 19.8. The average molecular weight is 505 g/mol. The van der Waals surface area contributed by atoms with Crippen LogP contribution < -0.4 is 15.2 Å². The third-order valence-corrected chi connectivity index (χ3v) is 5.75. The Kier molecular flexibility index (Phi) is 6.89. The van der Waals surface area contributed by atoms with Crippen LogP contribution >= 0.6 is 15.9 Å². The Morgan fingerprint density at radius 1 is 1.09 bits per heavy atom. The zero-order valence-corrected chi connectivity index (χ0v) is 20.4. The summed E-state index contributed by atoms with van der Waals surface area (Å²) >= 11 is 3.43. The highest BCUT2D eigenvalue weighted by atomic mass is 79.9. The van der Waals surface area contributed by atoms with E-state index in [1.54, 1.807) is 12.3 Å².